The van der Waals surface area contributed by atoms with E-state index in [1.807, 2.05) is 0 Å². The molecule has 0 aromatic heterocycles. The summed E-state index contributed by atoms with van der Waals surface area (Å²) >= 11 is 0. The van der Waals surface area contributed by atoms with Crippen molar-refractivity contribution in [1.29, 1.82) is 0 Å². The van der Waals surface area contributed by atoms with Gasteiger partial charge in [-0.25, -0.2) is 0 Å². The first-order valence-electron chi connectivity index (χ1n) is 6.49. The Morgan fingerprint density at radius 1 is 0.955 bits per heavy atom. The van der Waals surface area contributed by atoms with Crippen LogP contribution in [0.3, 0.4) is 0 Å². The van der Waals surface area contributed by atoms with E-state index in [2.05, 4.69) is 5.32 Å². The number of aromatic hydroxyl groups is 1. The van der Waals surface area contributed by atoms with Crippen LogP contribution in [-0.2, 0) is 0 Å². The molecule has 2 N–H and O–H groups in total. The number of carbonyl (C=O) groups is 1. The Morgan fingerprint density at radius 3 is 2.27 bits per heavy atom. The van der Waals surface area contributed by atoms with Crippen LogP contribution in [0.15, 0.2) is 36.4 Å². The molecule has 0 bridgehead atoms. The predicted molar refractivity (Wildman–Crippen MR) is 82.2 cm³/mol. The number of phenolic OH excluding ortho intramolecular Hbond substituents is 1. The lowest BCUT2D eigenvalue weighted by molar-refractivity contribution is 0.102. The largest absolute Gasteiger partial charge is 0.504 e. The summed E-state index contributed by atoms with van der Waals surface area (Å²) in [6, 6.07) is 9.51. The molecule has 6 nitrogen and oxygen atoms in total. The van der Waals surface area contributed by atoms with E-state index in [9.17, 15) is 9.90 Å². The number of hydrogen-bond donors (Lipinski definition) is 2. The summed E-state index contributed by atoms with van der Waals surface area (Å²) in [7, 11) is 4.47. The van der Waals surface area contributed by atoms with E-state index in [4.69, 9.17) is 14.2 Å². The van der Waals surface area contributed by atoms with E-state index in [1.165, 1.54) is 27.4 Å². The molecule has 0 spiro atoms. The van der Waals surface area contributed by atoms with Gasteiger partial charge in [-0.2, -0.15) is 0 Å². The lowest BCUT2D eigenvalue weighted by atomic mass is 10.1. The van der Waals surface area contributed by atoms with Crippen LogP contribution in [0.4, 0.5) is 5.69 Å². The molecular formula is C16H17NO5. The molecule has 0 heterocycles. The number of benzene rings is 2. The molecule has 0 aliphatic heterocycles. The highest BCUT2D eigenvalue weighted by Crippen LogP contribution is 2.30. The molecule has 2 aromatic carbocycles. The molecule has 0 aliphatic rings. The Kier molecular flexibility index (Phi) is 4.73. The van der Waals surface area contributed by atoms with Gasteiger partial charge in [0, 0.05) is 17.8 Å². The van der Waals surface area contributed by atoms with Gasteiger partial charge in [0.2, 0.25) is 0 Å². The summed E-state index contributed by atoms with van der Waals surface area (Å²) in [6.07, 6.45) is 0. The Labute approximate surface area is 128 Å². The minimum absolute atomic E-state index is 0.0537. The maximum absolute atomic E-state index is 12.3. The number of anilines is 1. The predicted octanol–water partition coefficient (Wildman–Crippen LogP) is 2.67. The highest BCUT2D eigenvalue weighted by molar-refractivity contribution is 6.06. The summed E-state index contributed by atoms with van der Waals surface area (Å²) in [5.41, 5.74) is 0.805. The fourth-order valence-corrected chi connectivity index (χ4v) is 1.95. The Morgan fingerprint density at radius 2 is 1.68 bits per heavy atom. The zero-order valence-corrected chi connectivity index (χ0v) is 12.5. The van der Waals surface area contributed by atoms with Crippen LogP contribution in [0.1, 0.15) is 10.4 Å². The van der Waals surface area contributed by atoms with Gasteiger partial charge in [0.25, 0.3) is 5.91 Å². The lowest BCUT2D eigenvalue weighted by Gasteiger charge is -2.11. The van der Waals surface area contributed by atoms with Crippen molar-refractivity contribution in [3.05, 3.63) is 42.0 Å². The quantitative estimate of drug-likeness (QED) is 0.888. The Bertz CT molecular complexity index is 684. The van der Waals surface area contributed by atoms with Crippen LogP contribution in [0.25, 0.3) is 0 Å². The monoisotopic (exact) mass is 303 g/mol. The molecular weight excluding hydrogens is 286 g/mol. The van der Waals surface area contributed by atoms with Crippen molar-refractivity contribution in [3.8, 4) is 23.0 Å². The maximum atomic E-state index is 12.3. The molecule has 0 saturated heterocycles. The number of ether oxygens (including phenoxy) is 3. The van der Waals surface area contributed by atoms with E-state index < -0.39 is 0 Å². The summed E-state index contributed by atoms with van der Waals surface area (Å²) in [4.78, 5) is 12.3. The second-order valence-electron chi connectivity index (χ2n) is 4.41. The molecule has 1 amide bonds. The first-order chi connectivity index (χ1) is 10.6. The third-order valence-electron chi connectivity index (χ3n) is 3.09. The van der Waals surface area contributed by atoms with Gasteiger partial charge in [0.15, 0.2) is 11.5 Å². The summed E-state index contributed by atoms with van der Waals surface area (Å²) < 4.78 is 15.2. The molecule has 0 aliphatic carbocycles. The minimum Gasteiger partial charge on any atom is -0.504 e. The second kappa shape index (κ2) is 6.71. The zero-order chi connectivity index (χ0) is 16.1. The van der Waals surface area contributed by atoms with Crippen LogP contribution in [0.5, 0.6) is 23.0 Å². The van der Waals surface area contributed by atoms with Gasteiger partial charge >= 0.3 is 0 Å². The molecule has 6 heteroatoms. The Hall–Kier alpha value is -2.89. The molecule has 0 fully saturated rings. The first kappa shape index (κ1) is 15.5. The van der Waals surface area contributed by atoms with Gasteiger partial charge in [0.05, 0.1) is 26.9 Å². The van der Waals surface area contributed by atoms with Crippen LogP contribution in [-0.4, -0.2) is 32.3 Å². The van der Waals surface area contributed by atoms with Gasteiger partial charge in [-0.3, -0.25) is 4.79 Å². The van der Waals surface area contributed by atoms with Crippen LogP contribution in [0, 0.1) is 0 Å². The second-order valence-corrected chi connectivity index (χ2v) is 4.41. The maximum Gasteiger partial charge on any atom is 0.259 e. The van der Waals surface area contributed by atoms with E-state index in [1.54, 1.807) is 30.3 Å². The number of carbonyl (C=O) groups excluding carboxylic acids is 1. The third kappa shape index (κ3) is 3.22. The molecule has 0 radical (unpaired) electrons. The fraction of sp³-hybridized carbons (Fsp3) is 0.188. The molecule has 0 atom stereocenters. The SMILES string of the molecule is COc1ccc(C(=O)Nc2ccc(OC)c(O)c2)c(OC)c1. The molecule has 2 aromatic rings. The van der Waals surface area contributed by atoms with Crippen molar-refractivity contribution in [2.45, 2.75) is 0 Å². The summed E-state index contributed by atoms with van der Waals surface area (Å²) in [5.74, 6) is 0.913. The highest BCUT2D eigenvalue weighted by Gasteiger charge is 2.14. The Balaban J connectivity index is 2.23. The van der Waals surface area contributed by atoms with Crippen molar-refractivity contribution in [1.82, 2.24) is 0 Å². The fourth-order valence-electron chi connectivity index (χ4n) is 1.95. The van der Waals surface area contributed by atoms with Crippen LogP contribution >= 0.6 is 0 Å². The summed E-state index contributed by atoms with van der Waals surface area (Å²) in [5, 5.41) is 12.4. The van der Waals surface area contributed by atoms with Crippen molar-refractivity contribution < 1.29 is 24.1 Å². The van der Waals surface area contributed by atoms with Gasteiger partial charge in [0.1, 0.15) is 11.5 Å². The van der Waals surface area contributed by atoms with E-state index in [-0.39, 0.29) is 11.7 Å². The first-order valence-corrected chi connectivity index (χ1v) is 6.49. The van der Waals surface area contributed by atoms with Crippen molar-refractivity contribution in [2.75, 3.05) is 26.6 Å². The normalized spacial score (nSPS) is 9.95. The average Bonchev–Trinajstić information content (AvgIpc) is 2.54. The van der Waals surface area contributed by atoms with Gasteiger partial charge in [-0.15, -0.1) is 0 Å². The average molecular weight is 303 g/mol. The number of amides is 1. The molecule has 0 unspecified atom stereocenters. The summed E-state index contributed by atoms with van der Waals surface area (Å²) in [6.45, 7) is 0. The molecule has 116 valence electrons. The van der Waals surface area contributed by atoms with Crippen molar-refractivity contribution >= 4 is 11.6 Å². The van der Waals surface area contributed by atoms with Crippen LogP contribution < -0.4 is 19.5 Å². The van der Waals surface area contributed by atoms with Gasteiger partial charge in [-0.1, -0.05) is 0 Å². The smallest absolute Gasteiger partial charge is 0.259 e. The van der Waals surface area contributed by atoms with E-state index in [0.717, 1.165) is 0 Å². The number of hydrogen-bond acceptors (Lipinski definition) is 5. The van der Waals surface area contributed by atoms with Gasteiger partial charge < -0.3 is 24.6 Å². The number of rotatable bonds is 5. The topological polar surface area (TPSA) is 77.0 Å². The number of methoxy groups -OCH3 is 3. The van der Waals surface area contributed by atoms with Crippen molar-refractivity contribution in [3.63, 3.8) is 0 Å². The van der Waals surface area contributed by atoms with E-state index >= 15 is 0 Å². The van der Waals surface area contributed by atoms with Gasteiger partial charge in [-0.05, 0) is 24.3 Å². The molecule has 0 saturated carbocycles. The zero-order valence-electron chi connectivity index (χ0n) is 12.5. The number of nitrogens with one attached hydrogen (secondary N) is 1. The highest BCUT2D eigenvalue weighted by atomic mass is 16.5. The third-order valence-corrected chi connectivity index (χ3v) is 3.09. The molecule has 2 rings (SSSR count). The van der Waals surface area contributed by atoms with E-state index in [0.29, 0.717) is 28.5 Å². The number of phenols is 1. The molecule has 22 heavy (non-hydrogen) atoms. The standard InChI is InChI=1S/C16H17NO5/c1-20-11-5-6-12(15(9-11)22-3)16(19)17-10-4-7-14(21-2)13(18)8-10/h4-9,18H,1-3H3,(H,17,19). The van der Waals surface area contributed by atoms with Crippen LogP contribution in [0.2, 0.25) is 0 Å². The minimum atomic E-state index is -0.357. The lowest BCUT2D eigenvalue weighted by Crippen LogP contribution is -2.13. The van der Waals surface area contributed by atoms with Crippen molar-refractivity contribution in [2.24, 2.45) is 0 Å².